The number of hydrogen-bond acceptors (Lipinski definition) is 5. The molecule has 2 saturated heterocycles. The lowest BCUT2D eigenvalue weighted by Crippen LogP contribution is -2.32. The van der Waals surface area contributed by atoms with E-state index >= 15 is 0 Å². The Morgan fingerprint density at radius 2 is 1.58 bits per heavy atom. The minimum absolute atomic E-state index is 0.0423. The lowest BCUT2D eigenvalue weighted by molar-refractivity contribution is 0.102. The van der Waals surface area contributed by atoms with Gasteiger partial charge in [-0.1, -0.05) is 12.8 Å². The van der Waals surface area contributed by atoms with Crippen LogP contribution in [0.2, 0.25) is 0 Å². The SMILES string of the molecule is COc1ccc(C(=O)Nc2ccc(N3CCCC3)cc2C)cc1S(=O)(=O)N1CCCCCC1. The highest BCUT2D eigenvalue weighted by molar-refractivity contribution is 7.89. The van der Waals surface area contributed by atoms with Gasteiger partial charge in [-0.15, -0.1) is 0 Å². The standard InChI is InChI=1S/C25H33N3O4S/c1-19-17-21(27-13-7-8-14-27)10-11-22(19)26-25(29)20-9-12-23(32-2)24(18-20)33(30,31)28-15-5-3-4-6-16-28/h9-12,17-18H,3-8,13-16H2,1-2H3,(H,26,29). The molecule has 1 N–H and O–H groups in total. The van der Waals surface area contributed by atoms with E-state index in [-0.39, 0.29) is 22.1 Å². The van der Waals surface area contributed by atoms with Gasteiger partial charge in [0.05, 0.1) is 7.11 Å². The summed E-state index contributed by atoms with van der Waals surface area (Å²) in [4.78, 5) is 15.4. The van der Waals surface area contributed by atoms with Crippen molar-refractivity contribution in [1.29, 1.82) is 0 Å². The van der Waals surface area contributed by atoms with Crippen LogP contribution in [-0.4, -0.2) is 51.9 Å². The van der Waals surface area contributed by atoms with E-state index in [4.69, 9.17) is 4.74 Å². The first-order chi connectivity index (χ1) is 15.9. The van der Waals surface area contributed by atoms with E-state index in [0.29, 0.717) is 13.1 Å². The van der Waals surface area contributed by atoms with Gasteiger partial charge in [-0.2, -0.15) is 4.31 Å². The maximum Gasteiger partial charge on any atom is 0.255 e. The first kappa shape index (κ1) is 23.6. The molecule has 2 fully saturated rings. The molecule has 0 saturated carbocycles. The largest absolute Gasteiger partial charge is 0.495 e. The number of methoxy groups -OCH3 is 1. The van der Waals surface area contributed by atoms with Gasteiger partial charge in [0.2, 0.25) is 10.0 Å². The molecule has 7 nitrogen and oxygen atoms in total. The number of aryl methyl sites for hydroxylation is 1. The summed E-state index contributed by atoms with van der Waals surface area (Å²) < 4.78 is 33.6. The number of sulfonamides is 1. The van der Waals surface area contributed by atoms with Crippen molar-refractivity contribution in [3.05, 3.63) is 47.5 Å². The van der Waals surface area contributed by atoms with Gasteiger partial charge in [0.15, 0.2) is 0 Å². The van der Waals surface area contributed by atoms with Crippen LogP contribution in [0.25, 0.3) is 0 Å². The number of ether oxygens (including phenoxy) is 1. The molecule has 4 rings (SSSR count). The van der Waals surface area contributed by atoms with Crippen LogP contribution in [0, 0.1) is 6.92 Å². The van der Waals surface area contributed by atoms with Crippen LogP contribution in [0.3, 0.4) is 0 Å². The molecule has 0 radical (unpaired) electrons. The van der Waals surface area contributed by atoms with Crippen LogP contribution in [-0.2, 0) is 10.0 Å². The highest BCUT2D eigenvalue weighted by Gasteiger charge is 2.29. The van der Waals surface area contributed by atoms with Crippen LogP contribution in [0.15, 0.2) is 41.3 Å². The van der Waals surface area contributed by atoms with E-state index in [1.807, 2.05) is 19.1 Å². The van der Waals surface area contributed by atoms with Gasteiger partial charge in [-0.05, 0) is 74.6 Å². The van der Waals surface area contributed by atoms with Crippen molar-refractivity contribution in [2.75, 3.05) is 43.5 Å². The van der Waals surface area contributed by atoms with E-state index < -0.39 is 10.0 Å². The summed E-state index contributed by atoms with van der Waals surface area (Å²) in [5.41, 5.74) is 3.14. The monoisotopic (exact) mass is 471 g/mol. The van der Waals surface area contributed by atoms with E-state index in [0.717, 1.165) is 50.0 Å². The number of nitrogens with zero attached hydrogens (tertiary/aromatic N) is 2. The van der Waals surface area contributed by atoms with Crippen LogP contribution >= 0.6 is 0 Å². The molecule has 0 unspecified atom stereocenters. The molecule has 2 aromatic carbocycles. The van der Waals surface area contributed by atoms with Crippen LogP contribution in [0.1, 0.15) is 54.4 Å². The predicted molar refractivity (Wildman–Crippen MR) is 131 cm³/mol. The van der Waals surface area contributed by atoms with Gasteiger partial charge < -0.3 is 15.0 Å². The molecule has 0 aromatic heterocycles. The van der Waals surface area contributed by atoms with Crippen molar-refractivity contribution in [3.63, 3.8) is 0 Å². The molecule has 0 aliphatic carbocycles. The molecule has 2 aliphatic rings. The quantitative estimate of drug-likeness (QED) is 0.675. The summed E-state index contributed by atoms with van der Waals surface area (Å²) in [6.45, 7) is 5.07. The average Bonchev–Trinajstić information content (AvgIpc) is 3.21. The minimum atomic E-state index is -3.76. The summed E-state index contributed by atoms with van der Waals surface area (Å²) in [6, 6.07) is 10.6. The molecule has 0 atom stereocenters. The zero-order chi connectivity index (χ0) is 23.4. The third-order valence-corrected chi connectivity index (χ3v) is 8.46. The number of rotatable bonds is 6. The van der Waals surface area contributed by atoms with Crippen molar-refractivity contribution in [2.24, 2.45) is 0 Å². The zero-order valence-electron chi connectivity index (χ0n) is 19.5. The molecule has 2 heterocycles. The fourth-order valence-corrected chi connectivity index (χ4v) is 6.29. The predicted octanol–water partition coefficient (Wildman–Crippen LogP) is 4.42. The van der Waals surface area contributed by atoms with Crippen LogP contribution < -0.4 is 15.0 Å². The Kier molecular flexibility index (Phi) is 7.24. The van der Waals surface area contributed by atoms with Gasteiger partial charge in [0, 0.05) is 43.1 Å². The Morgan fingerprint density at radius 1 is 0.909 bits per heavy atom. The molecule has 8 heteroatoms. The number of anilines is 2. The molecule has 0 spiro atoms. The lowest BCUT2D eigenvalue weighted by atomic mass is 10.1. The summed E-state index contributed by atoms with van der Waals surface area (Å²) in [6.07, 6.45) is 6.15. The maximum atomic E-state index is 13.4. The van der Waals surface area contributed by atoms with E-state index in [2.05, 4.69) is 16.3 Å². The van der Waals surface area contributed by atoms with Crippen LogP contribution in [0.4, 0.5) is 11.4 Å². The molecule has 1 amide bonds. The second-order valence-corrected chi connectivity index (χ2v) is 10.7. The Balaban J connectivity index is 1.57. The Labute approximate surface area is 196 Å². The minimum Gasteiger partial charge on any atom is -0.495 e. The molecule has 33 heavy (non-hydrogen) atoms. The van der Waals surface area contributed by atoms with Crippen molar-refractivity contribution >= 4 is 27.3 Å². The second kappa shape index (κ2) is 10.1. The number of amides is 1. The molecule has 178 valence electrons. The van der Waals surface area contributed by atoms with E-state index in [1.54, 1.807) is 12.1 Å². The Bertz CT molecular complexity index is 1100. The summed E-state index contributed by atoms with van der Waals surface area (Å²) in [5, 5.41) is 2.94. The van der Waals surface area contributed by atoms with E-state index in [9.17, 15) is 13.2 Å². The summed E-state index contributed by atoms with van der Waals surface area (Å²) >= 11 is 0. The zero-order valence-corrected chi connectivity index (χ0v) is 20.3. The number of nitrogens with one attached hydrogen (secondary N) is 1. The summed E-state index contributed by atoms with van der Waals surface area (Å²) in [5.74, 6) is -0.0936. The Morgan fingerprint density at radius 3 is 2.21 bits per heavy atom. The number of benzene rings is 2. The van der Waals surface area contributed by atoms with Crippen molar-refractivity contribution in [1.82, 2.24) is 4.31 Å². The number of carbonyl (C=O) groups excluding carboxylic acids is 1. The van der Waals surface area contributed by atoms with Crippen molar-refractivity contribution in [3.8, 4) is 5.75 Å². The first-order valence-electron chi connectivity index (χ1n) is 11.8. The third kappa shape index (κ3) is 5.17. The second-order valence-electron chi connectivity index (χ2n) is 8.83. The Hall–Kier alpha value is -2.58. The van der Waals surface area contributed by atoms with Gasteiger partial charge in [-0.25, -0.2) is 8.42 Å². The normalized spacial score (nSPS) is 17.6. The van der Waals surface area contributed by atoms with Gasteiger partial charge in [0.1, 0.15) is 10.6 Å². The molecular weight excluding hydrogens is 438 g/mol. The highest BCUT2D eigenvalue weighted by Crippen LogP contribution is 2.30. The smallest absolute Gasteiger partial charge is 0.255 e. The number of carbonyl (C=O) groups is 1. The average molecular weight is 472 g/mol. The topological polar surface area (TPSA) is 79.0 Å². The fraction of sp³-hybridized carbons (Fsp3) is 0.480. The van der Waals surface area contributed by atoms with Crippen molar-refractivity contribution in [2.45, 2.75) is 50.3 Å². The first-order valence-corrected chi connectivity index (χ1v) is 13.2. The van der Waals surface area contributed by atoms with E-state index in [1.165, 1.54) is 36.0 Å². The van der Waals surface area contributed by atoms with Gasteiger partial charge in [-0.3, -0.25) is 4.79 Å². The van der Waals surface area contributed by atoms with Gasteiger partial charge in [0.25, 0.3) is 5.91 Å². The molecular formula is C25H33N3O4S. The highest BCUT2D eigenvalue weighted by atomic mass is 32.2. The van der Waals surface area contributed by atoms with Crippen molar-refractivity contribution < 1.29 is 17.9 Å². The van der Waals surface area contributed by atoms with Crippen LogP contribution in [0.5, 0.6) is 5.75 Å². The maximum absolute atomic E-state index is 13.4. The molecule has 2 aromatic rings. The number of hydrogen-bond donors (Lipinski definition) is 1. The fourth-order valence-electron chi connectivity index (χ4n) is 4.60. The third-order valence-electron chi connectivity index (χ3n) is 6.54. The molecule has 2 aliphatic heterocycles. The summed E-state index contributed by atoms with van der Waals surface area (Å²) in [7, 11) is -2.31. The molecule has 0 bridgehead atoms. The van der Waals surface area contributed by atoms with Gasteiger partial charge >= 0.3 is 0 Å². The lowest BCUT2D eigenvalue weighted by Gasteiger charge is -2.22.